The second-order valence-corrected chi connectivity index (χ2v) is 12.3. The molecule has 1 aliphatic heterocycles. The zero-order chi connectivity index (χ0) is 26.4. The summed E-state index contributed by atoms with van der Waals surface area (Å²) in [5.74, 6) is -1.71. The Morgan fingerprint density at radius 2 is 1.78 bits per heavy atom. The molecular formula is C26H38O10. The minimum Gasteiger partial charge on any atom is -0.432 e. The van der Waals surface area contributed by atoms with Gasteiger partial charge in [0.2, 0.25) is 6.29 Å². The molecule has 0 aromatic carbocycles. The van der Waals surface area contributed by atoms with Crippen LogP contribution in [0.25, 0.3) is 0 Å². The van der Waals surface area contributed by atoms with E-state index >= 15 is 0 Å². The average molecular weight is 511 g/mol. The van der Waals surface area contributed by atoms with Gasteiger partial charge in [0.05, 0.1) is 29.1 Å². The lowest BCUT2D eigenvalue weighted by Crippen LogP contribution is -2.73. The Hall–Kier alpha value is -1.40. The fourth-order valence-electron chi connectivity index (χ4n) is 8.82. The van der Waals surface area contributed by atoms with Crippen LogP contribution in [0.3, 0.4) is 0 Å². The third kappa shape index (κ3) is 3.09. The summed E-state index contributed by atoms with van der Waals surface area (Å²) in [6.45, 7) is 6.84. The molecule has 5 aliphatic rings. The number of carbonyl (C=O) groups excluding carboxylic acids is 2. The highest BCUT2D eigenvalue weighted by Gasteiger charge is 2.77. The molecule has 2 bridgehead atoms. The maximum atomic E-state index is 13.7. The zero-order valence-electron chi connectivity index (χ0n) is 20.8. The normalized spacial score (nSPS) is 54.6. The molecular weight excluding hydrogens is 472 g/mol. The molecule has 0 aromatic heterocycles. The first-order valence-corrected chi connectivity index (χ1v) is 12.9. The van der Waals surface area contributed by atoms with Crippen molar-refractivity contribution in [1.29, 1.82) is 0 Å². The lowest BCUT2D eigenvalue weighted by atomic mass is 9.38. The second-order valence-electron chi connectivity index (χ2n) is 12.3. The first kappa shape index (κ1) is 26.2. The number of aliphatic hydroxyl groups is 6. The molecule has 1 heterocycles. The summed E-state index contributed by atoms with van der Waals surface area (Å²) in [6, 6.07) is 0. The molecule has 202 valence electrons. The number of carbonyl (C=O) groups is 2. The molecule has 1 saturated heterocycles. The highest BCUT2D eigenvalue weighted by atomic mass is 16.7. The molecule has 1 spiro atoms. The molecule has 36 heavy (non-hydrogen) atoms. The van der Waals surface area contributed by atoms with E-state index in [4.69, 9.17) is 9.47 Å². The van der Waals surface area contributed by atoms with Gasteiger partial charge in [-0.15, -0.1) is 0 Å². The van der Waals surface area contributed by atoms with E-state index in [9.17, 15) is 40.2 Å². The maximum Gasteiger partial charge on any atom is 0.314 e. The van der Waals surface area contributed by atoms with Gasteiger partial charge in [-0.25, -0.2) is 0 Å². The monoisotopic (exact) mass is 510 g/mol. The smallest absolute Gasteiger partial charge is 0.314 e. The Morgan fingerprint density at radius 1 is 1.08 bits per heavy atom. The number of ether oxygens (including phenoxy) is 2. The van der Waals surface area contributed by atoms with Crippen molar-refractivity contribution < 1.29 is 49.7 Å². The molecule has 10 heteroatoms. The predicted octanol–water partition coefficient (Wildman–Crippen LogP) is -0.437. The number of aliphatic hydroxyl groups excluding tert-OH is 5. The van der Waals surface area contributed by atoms with E-state index in [1.54, 1.807) is 6.92 Å². The molecule has 6 N–H and O–H groups in total. The third-order valence-corrected chi connectivity index (χ3v) is 10.7. The lowest BCUT2D eigenvalue weighted by Gasteiger charge is -2.68. The fraction of sp³-hybridized carbons (Fsp3) is 0.846. The molecule has 0 amide bonds. The van der Waals surface area contributed by atoms with Crippen molar-refractivity contribution in [1.82, 2.24) is 0 Å². The van der Waals surface area contributed by atoms with Gasteiger partial charge in [-0.1, -0.05) is 19.9 Å². The van der Waals surface area contributed by atoms with E-state index in [0.717, 1.165) is 0 Å². The lowest BCUT2D eigenvalue weighted by molar-refractivity contribution is -0.306. The standard InChI is InChI=1S/C26H38O10/c1-12-13-5-8-26(34)24(3)7-4-6-23(2,19(24)14(28)10-25(26,9-13)20(12)32)22(33)36-21-18(31)17(30)16(29)15(11-27)35-21/h13-19,21,27-31,34H,1,4-11H2,2-3H3/t13-,14-,15+,16+,17-,18+,19+,21-,23+,24+,25+,26-/m0/s1. The van der Waals surface area contributed by atoms with Crippen LogP contribution in [0.4, 0.5) is 0 Å². The SMILES string of the molecule is C=C1C(=O)[C@]23C[C@@H]1CC[C@]2(O)[C@]1(C)CCC[C@@](C)(C(=O)O[C@@H]2O[C@H](CO)[C@@H](O)[C@H](O)[C@H]2O)[C@H]1[C@@H](O)C3. The quantitative estimate of drug-likeness (QED) is 0.216. The minimum atomic E-state index is -1.74. The van der Waals surface area contributed by atoms with Crippen molar-refractivity contribution in [3.63, 3.8) is 0 Å². The Kier molecular flexibility index (Phi) is 6.04. The number of fused-ring (bicyclic) bond motifs is 3. The van der Waals surface area contributed by atoms with Gasteiger partial charge in [-0.05, 0) is 56.9 Å². The number of allylic oxidation sites excluding steroid dienone is 1. The number of rotatable bonds is 3. The van der Waals surface area contributed by atoms with Crippen molar-refractivity contribution in [3.05, 3.63) is 12.2 Å². The number of Topliss-reactive ketones (excluding diaryl/α,β-unsaturated/α-hetero) is 1. The van der Waals surface area contributed by atoms with Crippen LogP contribution in [0.5, 0.6) is 0 Å². The summed E-state index contributed by atoms with van der Waals surface area (Å²) in [5.41, 5.74) is -4.31. The van der Waals surface area contributed by atoms with Gasteiger partial charge in [0.15, 0.2) is 5.78 Å². The fourth-order valence-corrected chi connectivity index (χ4v) is 8.82. The molecule has 12 atom stereocenters. The summed E-state index contributed by atoms with van der Waals surface area (Å²) in [6.07, 6.45) is -6.11. The van der Waals surface area contributed by atoms with Crippen LogP contribution in [0.2, 0.25) is 0 Å². The van der Waals surface area contributed by atoms with E-state index in [-0.39, 0.29) is 18.1 Å². The van der Waals surface area contributed by atoms with E-state index in [1.807, 2.05) is 6.92 Å². The van der Waals surface area contributed by atoms with Crippen LogP contribution in [-0.4, -0.2) is 91.4 Å². The topological polar surface area (TPSA) is 174 Å². The van der Waals surface area contributed by atoms with Crippen LogP contribution in [0.15, 0.2) is 12.2 Å². The number of hydrogen-bond donors (Lipinski definition) is 6. The zero-order valence-corrected chi connectivity index (χ0v) is 20.8. The van der Waals surface area contributed by atoms with Crippen LogP contribution >= 0.6 is 0 Å². The van der Waals surface area contributed by atoms with Crippen LogP contribution in [0, 0.1) is 28.1 Å². The van der Waals surface area contributed by atoms with Crippen LogP contribution in [0.1, 0.15) is 58.8 Å². The van der Waals surface area contributed by atoms with E-state index < -0.39 is 77.1 Å². The van der Waals surface area contributed by atoms with Crippen molar-refractivity contribution in [2.75, 3.05) is 6.61 Å². The Morgan fingerprint density at radius 3 is 2.44 bits per heavy atom. The third-order valence-electron chi connectivity index (χ3n) is 10.7. The molecule has 5 rings (SSSR count). The van der Waals surface area contributed by atoms with Gasteiger partial charge >= 0.3 is 5.97 Å². The Balaban J connectivity index is 1.48. The molecule has 4 aliphatic carbocycles. The predicted molar refractivity (Wildman–Crippen MR) is 123 cm³/mol. The minimum absolute atomic E-state index is 0.00347. The van der Waals surface area contributed by atoms with Gasteiger partial charge in [0, 0.05) is 11.3 Å². The summed E-state index contributed by atoms with van der Waals surface area (Å²) >= 11 is 0. The molecule has 10 nitrogen and oxygen atoms in total. The molecule has 5 fully saturated rings. The molecule has 4 saturated carbocycles. The van der Waals surface area contributed by atoms with Crippen molar-refractivity contribution in [2.45, 2.75) is 101 Å². The molecule has 0 radical (unpaired) electrons. The average Bonchev–Trinajstić information content (AvgIpc) is 3.03. The van der Waals surface area contributed by atoms with Gasteiger partial charge in [0.25, 0.3) is 0 Å². The molecule has 0 aromatic rings. The van der Waals surface area contributed by atoms with Gasteiger partial charge in [-0.3, -0.25) is 9.59 Å². The molecule has 0 unspecified atom stereocenters. The summed E-state index contributed by atoms with van der Waals surface area (Å²) in [5, 5.41) is 63.9. The summed E-state index contributed by atoms with van der Waals surface area (Å²) in [7, 11) is 0. The number of ketones is 1. The number of esters is 1. The van der Waals surface area contributed by atoms with E-state index in [0.29, 0.717) is 44.1 Å². The van der Waals surface area contributed by atoms with Gasteiger partial charge in [-0.2, -0.15) is 0 Å². The van der Waals surface area contributed by atoms with Crippen LogP contribution < -0.4 is 0 Å². The van der Waals surface area contributed by atoms with Crippen molar-refractivity contribution in [3.8, 4) is 0 Å². The van der Waals surface area contributed by atoms with E-state index in [2.05, 4.69) is 6.58 Å². The van der Waals surface area contributed by atoms with Crippen molar-refractivity contribution >= 4 is 11.8 Å². The number of hydrogen-bond acceptors (Lipinski definition) is 10. The largest absolute Gasteiger partial charge is 0.432 e. The highest BCUT2D eigenvalue weighted by molar-refractivity contribution is 6.04. The summed E-state index contributed by atoms with van der Waals surface area (Å²) in [4.78, 5) is 27.2. The first-order chi connectivity index (χ1) is 16.8. The van der Waals surface area contributed by atoms with Gasteiger partial charge < -0.3 is 40.1 Å². The Bertz CT molecular complexity index is 966. The first-order valence-electron chi connectivity index (χ1n) is 12.9. The van der Waals surface area contributed by atoms with E-state index in [1.165, 1.54) is 0 Å². The maximum absolute atomic E-state index is 13.7. The summed E-state index contributed by atoms with van der Waals surface area (Å²) < 4.78 is 10.9. The van der Waals surface area contributed by atoms with Crippen LogP contribution in [-0.2, 0) is 19.1 Å². The Labute approximate surface area is 209 Å². The van der Waals surface area contributed by atoms with Gasteiger partial charge in [0.1, 0.15) is 24.4 Å². The van der Waals surface area contributed by atoms with Crippen molar-refractivity contribution in [2.24, 2.45) is 28.1 Å². The second kappa shape index (κ2) is 8.30. The highest BCUT2D eigenvalue weighted by Crippen LogP contribution is 2.72.